The fraction of sp³-hybridized carbons (Fsp3) is 0.450. The van der Waals surface area contributed by atoms with Gasteiger partial charge in [0.05, 0.1) is 0 Å². The van der Waals surface area contributed by atoms with E-state index in [1.54, 1.807) is 11.1 Å². The summed E-state index contributed by atoms with van der Waals surface area (Å²) in [4.78, 5) is 0. The van der Waals surface area contributed by atoms with Crippen LogP contribution in [0.25, 0.3) is 0 Å². The zero-order chi connectivity index (χ0) is 29.8. The van der Waals surface area contributed by atoms with Crippen LogP contribution in [0.15, 0.2) is 130 Å². The summed E-state index contributed by atoms with van der Waals surface area (Å²) >= 11 is 0. The minimum Gasteiger partial charge on any atom is -0.0696 e. The summed E-state index contributed by atoms with van der Waals surface area (Å²) in [7, 11) is 0. The van der Waals surface area contributed by atoms with Gasteiger partial charge in [-0.05, 0) is 102 Å². The molecule has 0 N–H and O–H groups in total. The molecule has 0 fully saturated rings. The lowest BCUT2D eigenvalue weighted by Crippen LogP contribution is -2.19. The lowest BCUT2D eigenvalue weighted by Gasteiger charge is -2.33. The number of rotatable bonds is 10. The van der Waals surface area contributed by atoms with Crippen molar-refractivity contribution in [3.05, 3.63) is 130 Å². The van der Waals surface area contributed by atoms with Crippen LogP contribution in [-0.4, -0.2) is 0 Å². The summed E-state index contributed by atoms with van der Waals surface area (Å²) in [6, 6.07) is 0. The molecule has 0 unspecified atom stereocenters. The molecule has 0 saturated carbocycles. The fourth-order valence-electron chi connectivity index (χ4n) is 5.79. The second kappa shape index (κ2) is 15.8. The van der Waals surface area contributed by atoms with Gasteiger partial charge in [0.15, 0.2) is 0 Å². The number of allylic oxidation sites excluding steroid dienone is 22. The third kappa shape index (κ3) is 11.3. The van der Waals surface area contributed by atoms with E-state index in [4.69, 9.17) is 0 Å². The van der Waals surface area contributed by atoms with Gasteiger partial charge in [0.1, 0.15) is 0 Å². The predicted molar refractivity (Wildman–Crippen MR) is 181 cm³/mol. The molecule has 0 aromatic carbocycles. The highest BCUT2D eigenvalue weighted by molar-refractivity contribution is 5.39. The lowest BCUT2D eigenvalue weighted by atomic mass is 9.72. The second-order valence-corrected chi connectivity index (χ2v) is 13.3. The van der Waals surface area contributed by atoms with Crippen LogP contribution in [-0.2, 0) is 0 Å². The van der Waals surface area contributed by atoms with Crippen molar-refractivity contribution in [2.75, 3.05) is 0 Å². The van der Waals surface area contributed by atoms with Crippen molar-refractivity contribution in [1.29, 1.82) is 0 Å². The molecule has 0 spiro atoms. The van der Waals surface area contributed by atoms with Crippen LogP contribution in [0.4, 0.5) is 0 Å². The maximum atomic E-state index is 2.37. The first-order valence-corrected chi connectivity index (χ1v) is 15.3. The Kier molecular flexibility index (Phi) is 13.2. The monoisotopic (exact) mass is 536 g/mol. The maximum Gasteiger partial charge on any atom is -0.0104 e. The molecule has 0 nitrogen and oxygen atoms in total. The standard InChI is InChI=1S/C40H56/c1-31(19-13-21-33(3)25-27-37-35(5)23-15-29-39(37,7)8)17-11-12-18-32(2)20-14-22-34(4)26-28-38-36(6)24-16-30-40(38,9)10/h11-14,17-22,25-28H,15-16,23-24,29-30H2,1-10H3/b12-11-,19-13-,20-14-,27-25-,28-26-,31-17-,32-18+,33-21-,34-22-. The molecule has 0 amide bonds. The van der Waals surface area contributed by atoms with Gasteiger partial charge in [-0.2, -0.15) is 0 Å². The molecule has 0 aromatic rings. The van der Waals surface area contributed by atoms with E-state index in [0.717, 1.165) is 0 Å². The summed E-state index contributed by atoms with van der Waals surface area (Å²) < 4.78 is 0. The summed E-state index contributed by atoms with van der Waals surface area (Å²) in [5.74, 6) is 0. The average Bonchev–Trinajstić information content (AvgIpc) is 2.85. The van der Waals surface area contributed by atoms with Crippen LogP contribution in [0.3, 0.4) is 0 Å². The number of hydrogen-bond donors (Lipinski definition) is 0. The Hall–Kier alpha value is -2.86. The molecular weight excluding hydrogens is 480 g/mol. The Bertz CT molecular complexity index is 1120. The third-order valence-electron chi connectivity index (χ3n) is 8.38. The van der Waals surface area contributed by atoms with E-state index in [2.05, 4.69) is 154 Å². The molecule has 2 rings (SSSR count). The van der Waals surface area contributed by atoms with Gasteiger partial charge < -0.3 is 0 Å². The molecule has 40 heavy (non-hydrogen) atoms. The van der Waals surface area contributed by atoms with E-state index < -0.39 is 0 Å². The molecule has 0 saturated heterocycles. The zero-order valence-electron chi connectivity index (χ0n) is 27.3. The quantitative estimate of drug-likeness (QED) is 0.244. The van der Waals surface area contributed by atoms with E-state index >= 15 is 0 Å². The van der Waals surface area contributed by atoms with Crippen molar-refractivity contribution in [2.24, 2.45) is 10.8 Å². The Labute approximate surface area is 247 Å². The van der Waals surface area contributed by atoms with E-state index in [1.165, 1.54) is 72.0 Å². The molecule has 0 aromatic heterocycles. The molecule has 0 heteroatoms. The summed E-state index contributed by atoms with van der Waals surface area (Å²) in [5.41, 5.74) is 11.7. The van der Waals surface area contributed by atoms with E-state index in [-0.39, 0.29) is 0 Å². The molecule has 0 aliphatic heterocycles. The van der Waals surface area contributed by atoms with Crippen molar-refractivity contribution in [3.63, 3.8) is 0 Å². The highest BCUT2D eigenvalue weighted by Gasteiger charge is 2.27. The topological polar surface area (TPSA) is 0 Å². The first-order chi connectivity index (χ1) is 18.8. The molecule has 0 radical (unpaired) electrons. The second-order valence-electron chi connectivity index (χ2n) is 13.3. The van der Waals surface area contributed by atoms with Gasteiger partial charge in [0, 0.05) is 0 Å². The van der Waals surface area contributed by atoms with Crippen molar-refractivity contribution in [1.82, 2.24) is 0 Å². The SMILES string of the molecule is CC1=C(\C=C/C(C)=C\C=C/C(C)=C\C=C/C=C(C)/C=C\C=C(C)/C=C\C2=C(C)CCCC2(C)C)C(C)(C)CCC1. The van der Waals surface area contributed by atoms with Crippen LogP contribution >= 0.6 is 0 Å². The number of hydrogen-bond acceptors (Lipinski definition) is 0. The molecule has 0 heterocycles. The maximum absolute atomic E-state index is 2.37. The Balaban J connectivity index is 1.89. The summed E-state index contributed by atoms with van der Waals surface area (Å²) in [6.07, 6.45) is 38.4. The van der Waals surface area contributed by atoms with Gasteiger partial charge in [-0.15, -0.1) is 0 Å². The van der Waals surface area contributed by atoms with Crippen LogP contribution in [0, 0.1) is 10.8 Å². The minimum atomic E-state index is 0.291. The minimum absolute atomic E-state index is 0.291. The van der Waals surface area contributed by atoms with Crippen LogP contribution in [0.1, 0.15) is 108 Å². The molecule has 2 aliphatic rings. The van der Waals surface area contributed by atoms with Gasteiger partial charge >= 0.3 is 0 Å². The first-order valence-electron chi connectivity index (χ1n) is 15.3. The first kappa shape index (κ1) is 33.3. The Morgan fingerprint density at radius 2 is 0.825 bits per heavy atom. The van der Waals surface area contributed by atoms with Crippen LogP contribution in [0.5, 0.6) is 0 Å². The fourth-order valence-corrected chi connectivity index (χ4v) is 5.79. The van der Waals surface area contributed by atoms with Gasteiger partial charge in [-0.25, -0.2) is 0 Å². The van der Waals surface area contributed by atoms with Crippen molar-refractivity contribution in [3.8, 4) is 0 Å². The molecular formula is C40H56. The molecule has 2 aliphatic carbocycles. The third-order valence-corrected chi connectivity index (χ3v) is 8.38. The highest BCUT2D eigenvalue weighted by Crippen LogP contribution is 2.41. The molecule has 0 bridgehead atoms. The van der Waals surface area contributed by atoms with Gasteiger partial charge in [0.2, 0.25) is 0 Å². The van der Waals surface area contributed by atoms with Crippen molar-refractivity contribution in [2.45, 2.75) is 108 Å². The van der Waals surface area contributed by atoms with Gasteiger partial charge in [-0.3, -0.25) is 0 Å². The summed E-state index contributed by atoms with van der Waals surface area (Å²) in [5, 5.41) is 0. The van der Waals surface area contributed by atoms with Crippen LogP contribution < -0.4 is 0 Å². The summed E-state index contributed by atoms with van der Waals surface area (Å²) in [6.45, 7) is 22.7. The van der Waals surface area contributed by atoms with E-state index in [1.807, 2.05) is 0 Å². The largest absolute Gasteiger partial charge is 0.0696 e. The van der Waals surface area contributed by atoms with Gasteiger partial charge in [-0.1, -0.05) is 146 Å². The van der Waals surface area contributed by atoms with Crippen molar-refractivity contribution >= 4 is 0 Å². The van der Waals surface area contributed by atoms with E-state index in [0.29, 0.717) is 10.8 Å². The smallest absolute Gasteiger partial charge is 0.0104 e. The highest BCUT2D eigenvalue weighted by atomic mass is 14.3. The zero-order valence-corrected chi connectivity index (χ0v) is 27.3. The van der Waals surface area contributed by atoms with Crippen molar-refractivity contribution < 1.29 is 0 Å². The Morgan fingerprint density at radius 1 is 0.500 bits per heavy atom. The molecule has 216 valence electrons. The van der Waals surface area contributed by atoms with Gasteiger partial charge in [0.25, 0.3) is 0 Å². The predicted octanol–water partition coefficient (Wildman–Crippen LogP) is 12.6. The lowest BCUT2D eigenvalue weighted by molar-refractivity contribution is 0.376. The molecule has 0 atom stereocenters. The normalized spacial score (nSPS) is 21.9. The average molecular weight is 537 g/mol. The van der Waals surface area contributed by atoms with E-state index in [9.17, 15) is 0 Å². The Morgan fingerprint density at radius 3 is 1.18 bits per heavy atom. The van der Waals surface area contributed by atoms with Crippen LogP contribution in [0.2, 0.25) is 0 Å².